The van der Waals surface area contributed by atoms with Crippen molar-refractivity contribution in [1.82, 2.24) is 19.7 Å². The van der Waals surface area contributed by atoms with Crippen molar-refractivity contribution >= 4 is 37.2 Å². The van der Waals surface area contributed by atoms with Crippen LogP contribution in [-0.2, 0) is 20.6 Å². The highest BCUT2D eigenvalue weighted by Crippen LogP contribution is 2.39. The van der Waals surface area contributed by atoms with Crippen LogP contribution >= 0.6 is 0 Å². The molecule has 0 amide bonds. The zero-order chi connectivity index (χ0) is 32.4. The lowest BCUT2D eigenvalue weighted by molar-refractivity contribution is 0.0384. The second-order valence-electron chi connectivity index (χ2n) is 12.6. The van der Waals surface area contributed by atoms with Gasteiger partial charge in [0.15, 0.2) is 0 Å². The topological polar surface area (TPSA) is 86.3 Å². The largest absolute Gasteiger partial charge is 0.494 e. The van der Waals surface area contributed by atoms with E-state index in [1.165, 1.54) is 44.3 Å². The first-order valence-electron chi connectivity index (χ1n) is 16.6. The number of hydrogen-bond acceptors (Lipinski definition) is 9. The summed E-state index contributed by atoms with van der Waals surface area (Å²) in [6.45, 7) is 13.5. The Bertz CT molecular complexity index is 1670. The van der Waals surface area contributed by atoms with Crippen LogP contribution in [0.5, 0.6) is 5.75 Å². The molecule has 250 valence electrons. The number of pyridine rings is 1. The Labute approximate surface area is 275 Å². The highest BCUT2D eigenvalue weighted by molar-refractivity contribution is 7.91. The maximum Gasteiger partial charge on any atom is 0.213 e. The normalized spacial score (nSPS) is 20.7. The van der Waals surface area contributed by atoms with Crippen LogP contribution in [0.25, 0.3) is 10.9 Å². The summed E-state index contributed by atoms with van der Waals surface area (Å²) >= 11 is 0. The average Bonchev–Trinajstić information content (AvgIpc) is 3.07. The lowest BCUT2D eigenvalue weighted by Crippen LogP contribution is -2.56. The molecular weight excluding hydrogens is 626 g/mol. The van der Waals surface area contributed by atoms with Crippen LogP contribution in [0, 0.1) is 5.82 Å². The summed E-state index contributed by atoms with van der Waals surface area (Å²) in [5, 5.41) is 0.612. The molecule has 4 heterocycles. The van der Waals surface area contributed by atoms with E-state index in [1.807, 2.05) is 0 Å². The SMILES string of the molecule is CCOc1ccc(S(=O)(=O)c2cnc3ccc(S(C)=O)cc3c2N2CCC(N3CCN(C4CCN(CC)CC4)CC3)CC2)c(F)c1. The van der Waals surface area contributed by atoms with Crippen molar-refractivity contribution < 1.29 is 21.8 Å². The van der Waals surface area contributed by atoms with Gasteiger partial charge in [-0.25, -0.2) is 12.8 Å². The predicted octanol–water partition coefficient (Wildman–Crippen LogP) is 4.41. The van der Waals surface area contributed by atoms with Crippen molar-refractivity contribution in [3.63, 3.8) is 0 Å². The molecule has 1 atom stereocenters. The van der Waals surface area contributed by atoms with Crippen LogP contribution < -0.4 is 9.64 Å². The minimum absolute atomic E-state index is 0.0386. The minimum Gasteiger partial charge on any atom is -0.494 e. The Kier molecular flexibility index (Phi) is 10.3. The molecule has 1 unspecified atom stereocenters. The number of aromatic nitrogens is 1. The van der Waals surface area contributed by atoms with E-state index in [1.54, 1.807) is 31.4 Å². The van der Waals surface area contributed by atoms with E-state index in [0.29, 0.717) is 53.3 Å². The molecule has 3 aliphatic rings. The Morgan fingerprint density at radius 2 is 1.50 bits per heavy atom. The summed E-state index contributed by atoms with van der Waals surface area (Å²) in [6, 6.07) is 10.3. The van der Waals surface area contributed by atoms with Crippen molar-refractivity contribution in [2.24, 2.45) is 0 Å². The number of likely N-dealkylation sites (tertiary alicyclic amines) is 1. The third-order valence-corrected chi connectivity index (χ3v) is 12.8. The van der Waals surface area contributed by atoms with Gasteiger partial charge in [0.05, 0.1) is 17.8 Å². The quantitative estimate of drug-likeness (QED) is 0.329. The zero-order valence-electron chi connectivity index (χ0n) is 27.2. The summed E-state index contributed by atoms with van der Waals surface area (Å²) in [5.74, 6) is -0.593. The second kappa shape index (κ2) is 14.2. The molecule has 12 heteroatoms. The predicted molar refractivity (Wildman–Crippen MR) is 181 cm³/mol. The molecule has 0 aliphatic carbocycles. The summed E-state index contributed by atoms with van der Waals surface area (Å²) in [7, 11) is -5.56. The number of hydrogen-bond donors (Lipinski definition) is 0. The number of sulfone groups is 1. The van der Waals surface area contributed by atoms with E-state index >= 15 is 4.39 Å². The van der Waals surface area contributed by atoms with E-state index in [2.05, 4.69) is 31.5 Å². The number of rotatable bonds is 9. The number of piperidine rings is 2. The average molecular weight is 672 g/mol. The van der Waals surface area contributed by atoms with Crippen LogP contribution in [0.2, 0.25) is 0 Å². The highest BCUT2D eigenvalue weighted by Gasteiger charge is 2.34. The molecule has 0 bridgehead atoms. The van der Waals surface area contributed by atoms with Gasteiger partial charge in [-0.15, -0.1) is 0 Å². The lowest BCUT2D eigenvalue weighted by atomic mass is 9.99. The molecule has 1 aromatic heterocycles. The smallest absolute Gasteiger partial charge is 0.213 e. The van der Waals surface area contributed by atoms with Crippen molar-refractivity contribution in [2.75, 3.05) is 76.7 Å². The van der Waals surface area contributed by atoms with Gasteiger partial charge in [-0.3, -0.25) is 19.0 Å². The number of nitrogens with zero attached hydrogens (tertiary/aromatic N) is 5. The Morgan fingerprint density at radius 1 is 0.870 bits per heavy atom. The molecule has 46 heavy (non-hydrogen) atoms. The van der Waals surface area contributed by atoms with Crippen LogP contribution in [0.4, 0.5) is 10.1 Å². The van der Waals surface area contributed by atoms with Crippen molar-refractivity contribution in [3.8, 4) is 5.75 Å². The van der Waals surface area contributed by atoms with Gasteiger partial charge in [0, 0.05) is 91.0 Å². The van der Waals surface area contributed by atoms with Crippen LogP contribution in [-0.4, -0.2) is 116 Å². The van der Waals surface area contributed by atoms with E-state index < -0.39 is 31.3 Å². The standard InChI is InChI=1S/C34H46FN5O4S2/c1-4-37-14-10-25(11-15-37)38-18-20-39(21-19-38)26-12-16-40(17-13-26)34-29-23-28(45(3)41)7-8-31(29)36-24-33(34)46(42,43)32-9-6-27(44-5-2)22-30(32)35/h6-9,22-26H,4-5,10-21H2,1-3H3. The first kappa shape index (κ1) is 33.3. The minimum atomic E-state index is -4.29. The van der Waals surface area contributed by atoms with E-state index in [-0.39, 0.29) is 10.6 Å². The Hall–Kier alpha value is -2.64. The molecule has 9 nitrogen and oxygen atoms in total. The highest BCUT2D eigenvalue weighted by atomic mass is 32.2. The molecule has 0 spiro atoms. The summed E-state index contributed by atoms with van der Waals surface area (Å²) in [4.78, 5) is 14.6. The molecule has 3 aromatic rings. The van der Waals surface area contributed by atoms with Crippen LogP contribution in [0.1, 0.15) is 39.5 Å². The van der Waals surface area contributed by atoms with E-state index in [0.717, 1.165) is 51.6 Å². The van der Waals surface area contributed by atoms with Gasteiger partial charge in [-0.1, -0.05) is 6.92 Å². The number of anilines is 1. The maximum absolute atomic E-state index is 15.3. The summed E-state index contributed by atoms with van der Waals surface area (Å²) in [6.07, 6.45) is 7.26. The first-order valence-corrected chi connectivity index (χ1v) is 19.6. The van der Waals surface area contributed by atoms with Gasteiger partial charge in [-0.2, -0.15) is 0 Å². The molecule has 0 N–H and O–H groups in total. The number of fused-ring (bicyclic) bond motifs is 1. The number of halogens is 1. The fourth-order valence-corrected chi connectivity index (χ4v) is 9.47. The second-order valence-corrected chi connectivity index (χ2v) is 15.9. The fourth-order valence-electron chi connectivity index (χ4n) is 7.44. The van der Waals surface area contributed by atoms with Gasteiger partial charge in [-0.05, 0) is 82.6 Å². The van der Waals surface area contributed by atoms with Gasteiger partial charge in [0.2, 0.25) is 9.84 Å². The molecule has 6 rings (SSSR count). The van der Waals surface area contributed by atoms with E-state index in [4.69, 9.17) is 4.74 Å². The third-order valence-electron chi connectivity index (χ3n) is 10.1. The Balaban J connectivity index is 1.24. The molecule has 0 saturated carbocycles. The lowest BCUT2D eigenvalue weighted by Gasteiger charge is -2.46. The molecule has 2 aromatic carbocycles. The van der Waals surface area contributed by atoms with Gasteiger partial charge < -0.3 is 14.5 Å². The number of benzene rings is 2. The fraction of sp³-hybridized carbons (Fsp3) is 0.559. The van der Waals surface area contributed by atoms with Gasteiger partial charge >= 0.3 is 0 Å². The number of ether oxygens (including phenoxy) is 1. The summed E-state index contributed by atoms with van der Waals surface area (Å²) in [5.41, 5.74) is 1.12. The molecule has 3 fully saturated rings. The monoisotopic (exact) mass is 671 g/mol. The van der Waals surface area contributed by atoms with Crippen LogP contribution in [0.15, 0.2) is 57.3 Å². The Morgan fingerprint density at radius 3 is 2.07 bits per heavy atom. The van der Waals surface area contributed by atoms with Gasteiger partial charge in [0.1, 0.15) is 21.4 Å². The van der Waals surface area contributed by atoms with Crippen molar-refractivity contribution in [1.29, 1.82) is 0 Å². The molecule has 3 saturated heterocycles. The summed E-state index contributed by atoms with van der Waals surface area (Å²) < 4.78 is 61.4. The van der Waals surface area contributed by atoms with Crippen molar-refractivity contribution in [3.05, 3.63) is 48.4 Å². The molecule has 0 radical (unpaired) electrons. The molecule has 3 aliphatic heterocycles. The number of piperazine rings is 1. The van der Waals surface area contributed by atoms with Crippen LogP contribution in [0.3, 0.4) is 0 Å². The first-order chi connectivity index (χ1) is 22.2. The molecular formula is C34H46FN5O4S2. The van der Waals surface area contributed by atoms with Crippen molar-refractivity contribution in [2.45, 2.75) is 66.3 Å². The van der Waals surface area contributed by atoms with Gasteiger partial charge in [0.25, 0.3) is 0 Å². The maximum atomic E-state index is 15.3. The third kappa shape index (κ3) is 6.82. The van der Waals surface area contributed by atoms with E-state index in [9.17, 15) is 12.6 Å². The zero-order valence-corrected chi connectivity index (χ0v) is 28.8.